The van der Waals surface area contributed by atoms with Gasteiger partial charge in [0.1, 0.15) is 11.5 Å². The number of H-pyrrole nitrogens is 1. The largest absolute Gasteiger partial charge is 0.457 e. The van der Waals surface area contributed by atoms with Gasteiger partial charge < -0.3 is 8.94 Å². The summed E-state index contributed by atoms with van der Waals surface area (Å²) in [5.74, 6) is 1.07. The molecule has 3 aromatic rings. The lowest BCUT2D eigenvalue weighted by Crippen LogP contribution is -2.31. The zero-order valence-electron chi connectivity index (χ0n) is 10.7. The van der Waals surface area contributed by atoms with E-state index in [2.05, 4.69) is 16.3 Å². The molecular formula is C15H9Cl2NO3. The lowest BCUT2D eigenvalue weighted by atomic mass is 10.2. The predicted molar refractivity (Wildman–Crippen MR) is 81.8 cm³/mol. The molecule has 0 spiro atoms. The average Bonchev–Trinajstić information content (AvgIpc) is 3.01. The molecule has 106 valence electrons. The van der Waals surface area contributed by atoms with Crippen LogP contribution >= 0.6 is 23.2 Å². The Kier molecular flexibility index (Phi) is 3.49. The molecule has 6 heteroatoms. The number of halogens is 2. The maximum atomic E-state index is 11.5. The monoisotopic (exact) mass is 321 g/mol. The van der Waals surface area contributed by atoms with Gasteiger partial charge >= 0.3 is 5.63 Å². The summed E-state index contributed by atoms with van der Waals surface area (Å²) in [5.41, 5.74) is 0.221. The smallest absolute Gasteiger partial charge is 0.365 e. The van der Waals surface area contributed by atoms with Crippen molar-refractivity contribution in [1.29, 1.82) is 0 Å². The molecule has 0 atom stereocenters. The van der Waals surface area contributed by atoms with Crippen molar-refractivity contribution in [2.24, 2.45) is 0 Å². The summed E-state index contributed by atoms with van der Waals surface area (Å²) in [4.78, 5) is 11.5. The van der Waals surface area contributed by atoms with Gasteiger partial charge in [-0.15, -0.1) is 0 Å². The maximum absolute atomic E-state index is 11.5. The van der Waals surface area contributed by atoms with Crippen LogP contribution in [0.15, 0.2) is 44.1 Å². The Balaban J connectivity index is 2.07. The van der Waals surface area contributed by atoms with Crippen molar-refractivity contribution in [1.82, 2.24) is 5.16 Å². The topological polar surface area (TPSA) is 59.1 Å². The van der Waals surface area contributed by atoms with Gasteiger partial charge in [-0.1, -0.05) is 29.8 Å². The minimum absolute atomic E-state index is 0.318. The SMILES string of the molecule is C=c1[nH]oc(=O)c1=Cc1ccc(-c2ccc(Cl)cc2Cl)o1. The van der Waals surface area contributed by atoms with Gasteiger partial charge in [0.05, 0.1) is 15.6 Å². The molecule has 0 saturated heterocycles. The molecule has 0 aliphatic carbocycles. The first-order valence-electron chi connectivity index (χ1n) is 5.98. The first-order valence-corrected chi connectivity index (χ1v) is 6.73. The first-order chi connectivity index (χ1) is 10.0. The molecule has 1 N–H and O–H groups in total. The van der Waals surface area contributed by atoms with Crippen LogP contribution in [0.3, 0.4) is 0 Å². The summed E-state index contributed by atoms with van der Waals surface area (Å²) in [6.07, 6.45) is 1.55. The number of furan rings is 1. The van der Waals surface area contributed by atoms with Crippen molar-refractivity contribution >= 4 is 35.9 Å². The van der Waals surface area contributed by atoms with Crippen LogP contribution in [0.2, 0.25) is 10.0 Å². The summed E-state index contributed by atoms with van der Waals surface area (Å²) in [6.45, 7) is 3.67. The Bertz CT molecular complexity index is 935. The fraction of sp³-hybridized carbons (Fsp3) is 0. The van der Waals surface area contributed by atoms with E-state index in [1.807, 2.05) is 0 Å². The van der Waals surface area contributed by atoms with Crippen molar-refractivity contribution in [3.8, 4) is 11.3 Å². The van der Waals surface area contributed by atoms with Gasteiger partial charge in [-0.05, 0) is 36.4 Å². The van der Waals surface area contributed by atoms with Gasteiger partial charge in [-0.3, -0.25) is 0 Å². The van der Waals surface area contributed by atoms with Gasteiger partial charge in [-0.25, -0.2) is 9.95 Å². The fourth-order valence-corrected chi connectivity index (χ4v) is 2.40. The van der Waals surface area contributed by atoms with E-state index in [4.69, 9.17) is 27.6 Å². The lowest BCUT2D eigenvalue weighted by molar-refractivity contribution is 0.386. The van der Waals surface area contributed by atoms with Crippen LogP contribution in [0.25, 0.3) is 24.0 Å². The highest BCUT2D eigenvalue weighted by molar-refractivity contribution is 6.36. The highest BCUT2D eigenvalue weighted by Crippen LogP contribution is 2.31. The molecule has 0 fully saturated rings. The molecule has 0 aliphatic rings. The van der Waals surface area contributed by atoms with E-state index in [1.165, 1.54) is 0 Å². The van der Waals surface area contributed by atoms with E-state index in [0.717, 1.165) is 5.56 Å². The molecule has 0 amide bonds. The Hall–Kier alpha value is -2.17. The van der Waals surface area contributed by atoms with Crippen LogP contribution in [0, 0.1) is 0 Å². The normalized spacial score (nSPS) is 12.0. The Labute approximate surface area is 128 Å². The summed E-state index contributed by atoms with van der Waals surface area (Å²) < 4.78 is 10.3. The van der Waals surface area contributed by atoms with Gasteiger partial charge in [0.25, 0.3) is 0 Å². The quantitative estimate of drug-likeness (QED) is 0.789. The summed E-state index contributed by atoms with van der Waals surface area (Å²) in [7, 11) is 0. The van der Waals surface area contributed by atoms with Gasteiger partial charge in [0, 0.05) is 10.6 Å². The standard InChI is InChI=1S/C15H9Cl2NO3/c1-8-12(15(19)21-18-8)7-10-3-5-14(20-10)11-4-2-9(16)6-13(11)17/h2-7,18H,1H2. The Morgan fingerprint density at radius 2 is 2.00 bits per heavy atom. The number of aromatic amines is 1. The highest BCUT2D eigenvalue weighted by Gasteiger charge is 2.08. The molecule has 0 unspecified atom stereocenters. The van der Waals surface area contributed by atoms with Crippen LogP contribution in [-0.2, 0) is 0 Å². The Morgan fingerprint density at radius 3 is 2.67 bits per heavy atom. The highest BCUT2D eigenvalue weighted by atomic mass is 35.5. The fourth-order valence-electron chi connectivity index (χ4n) is 1.89. The number of hydrogen-bond donors (Lipinski definition) is 1. The second-order valence-corrected chi connectivity index (χ2v) is 5.20. The van der Waals surface area contributed by atoms with E-state index >= 15 is 0 Å². The zero-order chi connectivity index (χ0) is 15.0. The Morgan fingerprint density at radius 1 is 1.19 bits per heavy atom. The molecule has 0 radical (unpaired) electrons. The van der Waals surface area contributed by atoms with Gasteiger partial charge in [0.2, 0.25) is 0 Å². The van der Waals surface area contributed by atoms with Crippen molar-refractivity contribution in [2.75, 3.05) is 0 Å². The number of benzene rings is 1. The molecule has 0 saturated carbocycles. The minimum Gasteiger partial charge on any atom is -0.457 e. The van der Waals surface area contributed by atoms with E-state index < -0.39 is 5.63 Å². The molecule has 1 aromatic carbocycles. The molecule has 4 nitrogen and oxygen atoms in total. The molecule has 21 heavy (non-hydrogen) atoms. The summed E-state index contributed by atoms with van der Waals surface area (Å²) in [6, 6.07) is 8.62. The molecular weight excluding hydrogens is 313 g/mol. The summed E-state index contributed by atoms with van der Waals surface area (Å²) >= 11 is 12.0. The molecule has 2 heterocycles. The van der Waals surface area contributed by atoms with Crippen molar-refractivity contribution in [3.05, 3.63) is 67.1 Å². The summed E-state index contributed by atoms with van der Waals surface area (Å²) in [5, 5.41) is 4.15. The molecule has 2 aromatic heterocycles. The van der Waals surface area contributed by atoms with Crippen molar-refractivity contribution in [2.45, 2.75) is 0 Å². The average molecular weight is 322 g/mol. The number of rotatable bonds is 2. The number of nitrogens with one attached hydrogen (secondary N) is 1. The second-order valence-electron chi connectivity index (χ2n) is 4.35. The van der Waals surface area contributed by atoms with Crippen LogP contribution in [-0.4, -0.2) is 5.16 Å². The zero-order valence-corrected chi connectivity index (χ0v) is 12.2. The van der Waals surface area contributed by atoms with E-state index in [9.17, 15) is 4.79 Å². The van der Waals surface area contributed by atoms with E-state index in [-0.39, 0.29) is 0 Å². The van der Waals surface area contributed by atoms with Crippen LogP contribution in [0.4, 0.5) is 0 Å². The first kappa shape index (κ1) is 13.8. The second kappa shape index (κ2) is 5.31. The van der Waals surface area contributed by atoms with Gasteiger partial charge in [-0.2, -0.15) is 0 Å². The van der Waals surface area contributed by atoms with E-state index in [0.29, 0.717) is 32.1 Å². The predicted octanol–water partition coefficient (Wildman–Crippen LogP) is 2.77. The maximum Gasteiger partial charge on any atom is 0.365 e. The van der Waals surface area contributed by atoms with Crippen molar-refractivity contribution < 1.29 is 8.94 Å². The van der Waals surface area contributed by atoms with Crippen LogP contribution < -0.4 is 16.2 Å². The number of aromatic nitrogens is 1. The molecule has 0 bridgehead atoms. The molecule has 3 rings (SSSR count). The third-order valence-corrected chi connectivity index (χ3v) is 3.47. The lowest BCUT2D eigenvalue weighted by Gasteiger charge is -2.00. The minimum atomic E-state index is -0.498. The van der Waals surface area contributed by atoms with E-state index in [1.54, 1.807) is 36.4 Å². The van der Waals surface area contributed by atoms with Crippen LogP contribution in [0.1, 0.15) is 5.76 Å². The van der Waals surface area contributed by atoms with Crippen LogP contribution in [0.5, 0.6) is 0 Å². The third-order valence-electron chi connectivity index (χ3n) is 2.92. The molecule has 0 aliphatic heterocycles. The van der Waals surface area contributed by atoms with Gasteiger partial charge in [0.15, 0.2) is 0 Å². The number of hydrogen-bond acceptors (Lipinski definition) is 3. The van der Waals surface area contributed by atoms with Crippen molar-refractivity contribution in [3.63, 3.8) is 0 Å². The third kappa shape index (κ3) is 2.68.